The van der Waals surface area contributed by atoms with Gasteiger partial charge in [-0.3, -0.25) is 0 Å². The summed E-state index contributed by atoms with van der Waals surface area (Å²) in [6.07, 6.45) is 8.79. The van der Waals surface area contributed by atoms with Gasteiger partial charge in [-0.25, -0.2) is 0 Å². The van der Waals surface area contributed by atoms with E-state index < -0.39 is 0 Å². The Bertz CT molecular complexity index is 347. The van der Waals surface area contributed by atoms with Gasteiger partial charge in [-0.15, -0.1) is 0 Å². The van der Waals surface area contributed by atoms with E-state index in [1.165, 1.54) is 43.4 Å². The van der Waals surface area contributed by atoms with Gasteiger partial charge in [0.25, 0.3) is 0 Å². The van der Waals surface area contributed by atoms with Crippen LogP contribution < -0.4 is 5.73 Å². The lowest BCUT2D eigenvalue weighted by Gasteiger charge is -2.10. The van der Waals surface area contributed by atoms with E-state index in [-0.39, 0.29) is 6.04 Å². The normalized spacial score (nSPS) is 19.1. The van der Waals surface area contributed by atoms with Crippen molar-refractivity contribution in [1.29, 1.82) is 0 Å². The standard InChI is InChI=1S/C13H21N3/c1-10(14)13-9-11-7-5-3-2-4-6-8-12(11)15-16-13/h9-10H,2-8,14H2,1H3. The highest BCUT2D eigenvalue weighted by molar-refractivity contribution is 5.23. The van der Waals surface area contributed by atoms with Gasteiger partial charge in [-0.2, -0.15) is 10.2 Å². The number of rotatable bonds is 1. The molecule has 0 spiro atoms. The maximum absolute atomic E-state index is 5.85. The second-order valence-corrected chi connectivity index (χ2v) is 4.80. The first-order chi connectivity index (χ1) is 7.77. The third kappa shape index (κ3) is 2.79. The molecule has 88 valence electrons. The molecule has 0 radical (unpaired) electrons. The number of aryl methyl sites for hydroxylation is 2. The van der Waals surface area contributed by atoms with Crippen molar-refractivity contribution >= 4 is 0 Å². The summed E-state index contributed by atoms with van der Waals surface area (Å²) in [5, 5.41) is 8.57. The lowest BCUT2D eigenvalue weighted by atomic mass is 10.0. The Morgan fingerprint density at radius 2 is 1.75 bits per heavy atom. The lowest BCUT2D eigenvalue weighted by molar-refractivity contribution is 0.627. The van der Waals surface area contributed by atoms with E-state index in [2.05, 4.69) is 16.3 Å². The zero-order chi connectivity index (χ0) is 11.4. The molecule has 1 aliphatic carbocycles. The van der Waals surface area contributed by atoms with Gasteiger partial charge in [0.15, 0.2) is 0 Å². The summed E-state index contributed by atoms with van der Waals surface area (Å²) in [5.41, 5.74) is 9.35. The molecular weight excluding hydrogens is 198 g/mol. The van der Waals surface area contributed by atoms with Crippen LogP contribution in [0.3, 0.4) is 0 Å². The van der Waals surface area contributed by atoms with Crippen LogP contribution in [0.4, 0.5) is 0 Å². The minimum Gasteiger partial charge on any atom is -0.323 e. The topological polar surface area (TPSA) is 51.8 Å². The van der Waals surface area contributed by atoms with Crippen LogP contribution in [0.25, 0.3) is 0 Å². The third-order valence-corrected chi connectivity index (χ3v) is 3.31. The number of fused-ring (bicyclic) bond motifs is 1. The predicted octanol–water partition coefficient (Wildman–Crippen LogP) is 2.55. The number of aromatic nitrogens is 2. The van der Waals surface area contributed by atoms with Crippen LogP contribution >= 0.6 is 0 Å². The van der Waals surface area contributed by atoms with E-state index in [4.69, 9.17) is 5.73 Å². The molecule has 0 bridgehead atoms. The first kappa shape index (κ1) is 11.5. The summed E-state index contributed by atoms with van der Waals surface area (Å²) in [5.74, 6) is 0. The van der Waals surface area contributed by atoms with Gasteiger partial charge in [0.1, 0.15) is 0 Å². The fourth-order valence-electron chi connectivity index (χ4n) is 2.26. The summed E-state index contributed by atoms with van der Waals surface area (Å²) in [6.45, 7) is 1.96. The van der Waals surface area contributed by atoms with Crippen LogP contribution in [0.2, 0.25) is 0 Å². The van der Waals surface area contributed by atoms with E-state index in [0.29, 0.717) is 0 Å². The zero-order valence-corrected chi connectivity index (χ0v) is 10.1. The fraction of sp³-hybridized carbons (Fsp3) is 0.692. The minimum atomic E-state index is -0.00886. The van der Waals surface area contributed by atoms with E-state index in [9.17, 15) is 0 Å². The SMILES string of the molecule is CC(N)c1cc2c(nn1)CCCCCCC2. The molecule has 0 saturated heterocycles. The second-order valence-electron chi connectivity index (χ2n) is 4.80. The Labute approximate surface area is 97.5 Å². The molecule has 1 aromatic heterocycles. The first-order valence-corrected chi connectivity index (χ1v) is 6.38. The van der Waals surface area contributed by atoms with E-state index in [1.54, 1.807) is 0 Å². The molecule has 1 unspecified atom stereocenters. The summed E-state index contributed by atoms with van der Waals surface area (Å²) in [7, 11) is 0. The molecule has 0 fully saturated rings. The third-order valence-electron chi connectivity index (χ3n) is 3.31. The molecular formula is C13H21N3. The Hall–Kier alpha value is -0.960. The van der Waals surface area contributed by atoms with Gasteiger partial charge >= 0.3 is 0 Å². The second kappa shape index (κ2) is 5.39. The lowest BCUT2D eigenvalue weighted by Crippen LogP contribution is -2.11. The van der Waals surface area contributed by atoms with Crippen molar-refractivity contribution in [1.82, 2.24) is 10.2 Å². The van der Waals surface area contributed by atoms with E-state index >= 15 is 0 Å². The number of hydrogen-bond donors (Lipinski definition) is 1. The molecule has 0 aromatic carbocycles. The molecule has 3 nitrogen and oxygen atoms in total. The highest BCUT2D eigenvalue weighted by atomic mass is 15.1. The van der Waals surface area contributed by atoms with Crippen molar-refractivity contribution in [3.05, 3.63) is 23.0 Å². The van der Waals surface area contributed by atoms with Gasteiger partial charge in [-0.1, -0.05) is 19.3 Å². The smallest absolute Gasteiger partial charge is 0.0798 e. The van der Waals surface area contributed by atoms with Crippen LogP contribution in [0, 0.1) is 0 Å². The molecule has 3 heteroatoms. The minimum absolute atomic E-state index is 0.00886. The number of hydrogen-bond acceptors (Lipinski definition) is 3. The molecule has 1 heterocycles. The Balaban J connectivity index is 2.24. The highest BCUT2D eigenvalue weighted by Crippen LogP contribution is 2.19. The van der Waals surface area contributed by atoms with Crippen molar-refractivity contribution in [3.63, 3.8) is 0 Å². The molecule has 1 aliphatic rings. The molecule has 1 atom stereocenters. The highest BCUT2D eigenvalue weighted by Gasteiger charge is 2.11. The molecule has 0 amide bonds. The Kier molecular flexibility index (Phi) is 3.88. The molecule has 2 N–H and O–H groups in total. The van der Waals surface area contributed by atoms with Crippen molar-refractivity contribution in [2.24, 2.45) is 5.73 Å². The first-order valence-electron chi connectivity index (χ1n) is 6.38. The number of nitrogens with zero attached hydrogens (tertiary/aromatic N) is 2. The molecule has 1 aromatic rings. The summed E-state index contributed by atoms with van der Waals surface area (Å²) < 4.78 is 0. The van der Waals surface area contributed by atoms with Gasteiger partial charge in [0.05, 0.1) is 11.4 Å². The van der Waals surface area contributed by atoms with Crippen molar-refractivity contribution < 1.29 is 0 Å². The van der Waals surface area contributed by atoms with E-state index in [0.717, 1.165) is 18.5 Å². The van der Waals surface area contributed by atoms with Crippen LogP contribution in [-0.4, -0.2) is 10.2 Å². The van der Waals surface area contributed by atoms with Crippen LogP contribution in [0.1, 0.15) is 62.0 Å². The molecule has 0 saturated carbocycles. The molecule has 2 rings (SSSR count). The van der Waals surface area contributed by atoms with Crippen molar-refractivity contribution in [2.45, 2.75) is 57.9 Å². The quantitative estimate of drug-likeness (QED) is 0.789. The van der Waals surface area contributed by atoms with Gasteiger partial charge < -0.3 is 5.73 Å². The van der Waals surface area contributed by atoms with Crippen molar-refractivity contribution in [2.75, 3.05) is 0 Å². The van der Waals surface area contributed by atoms with Crippen LogP contribution in [0.15, 0.2) is 6.07 Å². The summed E-state index contributed by atoms with van der Waals surface area (Å²) in [6, 6.07) is 2.16. The number of nitrogens with two attached hydrogens (primary N) is 1. The predicted molar refractivity (Wildman–Crippen MR) is 65.1 cm³/mol. The van der Waals surface area contributed by atoms with Crippen LogP contribution in [-0.2, 0) is 12.8 Å². The Morgan fingerprint density at radius 1 is 1.06 bits per heavy atom. The monoisotopic (exact) mass is 219 g/mol. The molecule has 16 heavy (non-hydrogen) atoms. The molecule has 0 aliphatic heterocycles. The van der Waals surface area contributed by atoms with Crippen molar-refractivity contribution in [3.8, 4) is 0 Å². The fourth-order valence-corrected chi connectivity index (χ4v) is 2.26. The van der Waals surface area contributed by atoms with Gasteiger partial charge in [-0.05, 0) is 44.2 Å². The Morgan fingerprint density at radius 3 is 2.50 bits per heavy atom. The average Bonchev–Trinajstić information content (AvgIpc) is 2.39. The zero-order valence-electron chi connectivity index (χ0n) is 10.1. The van der Waals surface area contributed by atoms with Crippen LogP contribution in [0.5, 0.6) is 0 Å². The van der Waals surface area contributed by atoms with Gasteiger partial charge in [0, 0.05) is 6.04 Å². The largest absolute Gasteiger partial charge is 0.323 e. The maximum atomic E-state index is 5.85. The van der Waals surface area contributed by atoms with E-state index in [1.807, 2.05) is 6.92 Å². The average molecular weight is 219 g/mol. The maximum Gasteiger partial charge on any atom is 0.0798 e. The van der Waals surface area contributed by atoms with Gasteiger partial charge in [0.2, 0.25) is 0 Å². The summed E-state index contributed by atoms with van der Waals surface area (Å²) >= 11 is 0. The summed E-state index contributed by atoms with van der Waals surface area (Å²) in [4.78, 5) is 0.